The quantitative estimate of drug-likeness (QED) is 0.826. The first-order chi connectivity index (χ1) is 12.8. The van der Waals surface area contributed by atoms with Crippen LogP contribution in [0, 0.1) is 0 Å². The van der Waals surface area contributed by atoms with Crippen LogP contribution < -0.4 is 4.74 Å². The second kappa shape index (κ2) is 8.75. The van der Waals surface area contributed by atoms with Gasteiger partial charge in [0.25, 0.3) is 0 Å². The van der Waals surface area contributed by atoms with E-state index in [-0.39, 0.29) is 19.0 Å². The van der Waals surface area contributed by atoms with Crippen molar-refractivity contribution >= 4 is 24.1 Å². The Morgan fingerprint density at radius 3 is 2.63 bits per heavy atom. The molecular formula is C23H26ClNO2. The second-order valence-corrected chi connectivity index (χ2v) is 7.07. The number of aliphatic hydroxyl groups is 1. The van der Waals surface area contributed by atoms with E-state index in [2.05, 4.69) is 54.4 Å². The highest BCUT2D eigenvalue weighted by Gasteiger charge is 2.24. The Bertz CT molecular complexity index is 862. The van der Waals surface area contributed by atoms with Gasteiger partial charge in [0.2, 0.25) is 0 Å². The Kier molecular flexibility index (Phi) is 6.38. The van der Waals surface area contributed by atoms with Crippen molar-refractivity contribution < 1.29 is 9.84 Å². The van der Waals surface area contributed by atoms with Crippen LogP contribution in [0.25, 0.3) is 11.6 Å². The van der Waals surface area contributed by atoms with Crippen molar-refractivity contribution in [3.8, 4) is 5.75 Å². The molecule has 142 valence electrons. The van der Waals surface area contributed by atoms with E-state index in [0.717, 1.165) is 37.2 Å². The average Bonchev–Trinajstić information content (AvgIpc) is 2.84. The van der Waals surface area contributed by atoms with Gasteiger partial charge in [-0.2, -0.15) is 0 Å². The molecule has 2 heterocycles. The lowest BCUT2D eigenvalue weighted by molar-refractivity contribution is 0.307. The summed E-state index contributed by atoms with van der Waals surface area (Å²) in [5.74, 6) is 0.948. The van der Waals surface area contributed by atoms with Gasteiger partial charge in [-0.25, -0.2) is 0 Å². The molecule has 0 radical (unpaired) electrons. The highest BCUT2D eigenvalue weighted by Crippen LogP contribution is 2.41. The maximum atomic E-state index is 9.10. The Morgan fingerprint density at radius 2 is 1.85 bits per heavy atom. The predicted octanol–water partition coefficient (Wildman–Crippen LogP) is 4.53. The first-order valence-corrected chi connectivity index (χ1v) is 9.29. The topological polar surface area (TPSA) is 32.7 Å². The zero-order valence-corrected chi connectivity index (χ0v) is 16.5. The molecule has 0 bridgehead atoms. The molecular weight excluding hydrogens is 358 g/mol. The summed E-state index contributed by atoms with van der Waals surface area (Å²) in [6, 6.07) is 14.9. The van der Waals surface area contributed by atoms with Crippen LogP contribution in [0.1, 0.15) is 35.1 Å². The van der Waals surface area contributed by atoms with Crippen LogP contribution in [-0.2, 0) is 6.61 Å². The minimum absolute atomic E-state index is 0. The minimum atomic E-state index is 0. The summed E-state index contributed by atoms with van der Waals surface area (Å²) >= 11 is 0. The third-order valence-corrected chi connectivity index (χ3v) is 5.30. The summed E-state index contributed by atoms with van der Waals surface area (Å²) < 4.78 is 6.16. The molecule has 0 unspecified atom stereocenters. The molecule has 2 aromatic rings. The monoisotopic (exact) mass is 383 g/mol. The molecule has 0 aliphatic carbocycles. The summed E-state index contributed by atoms with van der Waals surface area (Å²) in [5, 5.41) is 9.10. The van der Waals surface area contributed by atoms with Crippen molar-refractivity contribution in [1.82, 2.24) is 4.90 Å². The number of aliphatic hydroxyl groups excluding tert-OH is 1. The van der Waals surface area contributed by atoms with E-state index >= 15 is 0 Å². The molecule has 1 N–H and O–H groups in total. The first-order valence-electron chi connectivity index (χ1n) is 9.29. The lowest BCUT2D eigenvalue weighted by Gasteiger charge is -2.27. The van der Waals surface area contributed by atoms with E-state index in [1.54, 1.807) is 6.08 Å². The third kappa shape index (κ3) is 4.11. The number of ether oxygens (including phenoxy) is 1. The second-order valence-electron chi connectivity index (χ2n) is 7.07. The van der Waals surface area contributed by atoms with Gasteiger partial charge in [0.05, 0.1) is 6.61 Å². The Labute approximate surface area is 167 Å². The summed E-state index contributed by atoms with van der Waals surface area (Å²) in [6.07, 6.45) is 5.93. The maximum absolute atomic E-state index is 9.10. The van der Waals surface area contributed by atoms with Crippen molar-refractivity contribution in [3.05, 3.63) is 76.4 Å². The molecule has 0 amide bonds. The summed E-state index contributed by atoms with van der Waals surface area (Å²) in [4.78, 5) is 2.39. The van der Waals surface area contributed by atoms with Crippen LogP contribution in [0.2, 0.25) is 0 Å². The smallest absolute Gasteiger partial charge is 0.127 e. The number of piperidine rings is 1. The van der Waals surface area contributed by atoms with Crippen LogP contribution in [-0.4, -0.2) is 36.8 Å². The standard InChI is InChI=1S/C23H25NO2.ClH/c1-24-12-10-18(11-13-24)23-20-7-3-2-6-19(20)16-26-22-9-8-17(5-4-14-25)15-21(22)23;/h2-9,15,25H,10-14,16H2,1H3;1H/b5-4+;. The SMILES string of the molecule is CN1CCC(=C2c3ccccc3COc3ccc(/C=C/CO)cc32)CC1.Cl. The lowest BCUT2D eigenvalue weighted by Crippen LogP contribution is -2.27. The van der Waals surface area contributed by atoms with Gasteiger partial charge in [-0.1, -0.05) is 48.1 Å². The molecule has 0 aromatic heterocycles. The van der Waals surface area contributed by atoms with E-state index in [0.29, 0.717) is 6.61 Å². The number of fused-ring (bicyclic) bond motifs is 2. The number of nitrogens with zero attached hydrogens (tertiary/aromatic N) is 1. The highest BCUT2D eigenvalue weighted by molar-refractivity contribution is 5.88. The molecule has 2 aromatic carbocycles. The Balaban J connectivity index is 0.00000210. The molecule has 2 aliphatic heterocycles. The number of rotatable bonds is 2. The van der Waals surface area contributed by atoms with Crippen molar-refractivity contribution in [2.24, 2.45) is 0 Å². The fourth-order valence-electron chi connectivity index (χ4n) is 3.87. The Hall–Kier alpha value is -2.07. The molecule has 0 spiro atoms. The van der Waals surface area contributed by atoms with Crippen LogP contribution in [0.15, 0.2) is 54.1 Å². The zero-order chi connectivity index (χ0) is 17.9. The van der Waals surface area contributed by atoms with Crippen molar-refractivity contribution in [2.45, 2.75) is 19.4 Å². The fraction of sp³-hybridized carbons (Fsp3) is 0.304. The van der Waals surface area contributed by atoms with Gasteiger partial charge in [-0.05, 0) is 54.3 Å². The van der Waals surface area contributed by atoms with E-state index in [1.165, 1.54) is 27.8 Å². The molecule has 0 saturated carbocycles. The van der Waals surface area contributed by atoms with E-state index in [9.17, 15) is 0 Å². The number of hydrogen-bond donors (Lipinski definition) is 1. The zero-order valence-electron chi connectivity index (χ0n) is 15.6. The molecule has 0 atom stereocenters. The predicted molar refractivity (Wildman–Crippen MR) is 113 cm³/mol. The third-order valence-electron chi connectivity index (χ3n) is 5.30. The van der Waals surface area contributed by atoms with Gasteiger partial charge in [-0.3, -0.25) is 0 Å². The normalized spacial score (nSPS) is 17.0. The van der Waals surface area contributed by atoms with E-state index in [4.69, 9.17) is 9.84 Å². The van der Waals surface area contributed by atoms with Crippen molar-refractivity contribution in [2.75, 3.05) is 26.7 Å². The van der Waals surface area contributed by atoms with Crippen LogP contribution in [0.5, 0.6) is 5.75 Å². The number of halogens is 1. The van der Waals surface area contributed by atoms with Gasteiger partial charge in [0, 0.05) is 18.7 Å². The maximum Gasteiger partial charge on any atom is 0.127 e. The Morgan fingerprint density at radius 1 is 1.07 bits per heavy atom. The number of likely N-dealkylation sites (tertiary alicyclic amines) is 1. The first kappa shape index (κ1) is 19.7. The minimum Gasteiger partial charge on any atom is -0.488 e. The highest BCUT2D eigenvalue weighted by atomic mass is 35.5. The molecule has 4 heteroatoms. The summed E-state index contributed by atoms with van der Waals surface area (Å²) in [7, 11) is 2.19. The van der Waals surface area contributed by atoms with Crippen molar-refractivity contribution in [1.29, 1.82) is 0 Å². The van der Waals surface area contributed by atoms with Gasteiger partial charge in [0.15, 0.2) is 0 Å². The molecule has 2 aliphatic rings. The molecule has 4 rings (SSSR count). The summed E-state index contributed by atoms with van der Waals surface area (Å²) in [6.45, 7) is 2.85. The average molecular weight is 384 g/mol. The molecule has 1 fully saturated rings. The van der Waals surface area contributed by atoms with E-state index < -0.39 is 0 Å². The van der Waals surface area contributed by atoms with Crippen LogP contribution in [0.4, 0.5) is 0 Å². The van der Waals surface area contributed by atoms with Gasteiger partial charge in [0.1, 0.15) is 12.4 Å². The number of benzene rings is 2. The lowest BCUT2D eigenvalue weighted by atomic mass is 9.86. The van der Waals surface area contributed by atoms with Gasteiger partial charge in [-0.15, -0.1) is 12.4 Å². The van der Waals surface area contributed by atoms with Crippen LogP contribution in [0.3, 0.4) is 0 Å². The van der Waals surface area contributed by atoms with E-state index in [1.807, 2.05) is 6.08 Å². The molecule has 27 heavy (non-hydrogen) atoms. The van der Waals surface area contributed by atoms with Crippen LogP contribution >= 0.6 is 12.4 Å². The molecule has 1 saturated heterocycles. The fourth-order valence-corrected chi connectivity index (χ4v) is 3.87. The van der Waals surface area contributed by atoms with Crippen molar-refractivity contribution in [3.63, 3.8) is 0 Å². The van der Waals surface area contributed by atoms with Gasteiger partial charge < -0.3 is 14.7 Å². The molecule has 3 nitrogen and oxygen atoms in total. The summed E-state index contributed by atoms with van der Waals surface area (Å²) in [5.41, 5.74) is 7.68. The number of hydrogen-bond acceptors (Lipinski definition) is 3. The largest absolute Gasteiger partial charge is 0.488 e. The van der Waals surface area contributed by atoms with Gasteiger partial charge >= 0.3 is 0 Å².